The molecule has 2 amide bonds. The minimum atomic E-state index is -1.26. The van der Waals surface area contributed by atoms with E-state index < -0.39 is 36.5 Å². The lowest BCUT2D eigenvalue weighted by atomic mass is 10.1. The van der Waals surface area contributed by atoms with Crippen LogP contribution in [0.3, 0.4) is 0 Å². The molecule has 0 spiro atoms. The number of amides is 2. The normalized spacial score (nSPS) is 13.2. The summed E-state index contributed by atoms with van der Waals surface area (Å²) in [6.45, 7) is -1.02. The van der Waals surface area contributed by atoms with Crippen LogP contribution in [0.5, 0.6) is 0 Å². The van der Waals surface area contributed by atoms with Crippen LogP contribution in [-0.4, -0.2) is 63.2 Å². The van der Waals surface area contributed by atoms with E-state index in [0.29, 0.717) is 5.69 Å². The number of carboxylic acids is 1. The summed E-state index contributed by atoms with van der Waals surface area (Å²) >= 11 is 0. The molecule has 21 heavy (non-hydrogen) atoms. The van der Waals surface area contributed by atoms with Crippen LogP contribution < -0.4 is 16.4 Å². The van der Waals surface area contributed by atoms with Gasteiger partial charge < -0.3 is 31.6 Å². The van der Waals surface area contributed by atoms with E-state index in [0.717, 1.165) is 0 Å². The van der Waals surface area contributed by atoms with Crippen molar-refractivity contribution in [1.29, 1.82) is 0 Å². The predicted molar refractivity (Wildman–Crippen MR) is 69.9 cm³/mol. The van der Waals surface area contributed by atoms with Gasteiger partial charge in [0.25, 0.3) is 0 Å². The number of aliphatic hydroxyl groups is 1. The lowest BCUT2D eigenvalue weighted by Crippen LogP contribution is -2.54. The number of carbonyl (C=O) groups is 3. The minimum Gasteiger partial charge on any atom is -0.480 e. The second kappa shape index (κ2) is 7.97. The molecule has 0 radical (unpaired) electrons. The smallest absolute Gasteiger partial charge is 0.326 e. The average Bonchev–Trinajstić information content (AvgIpc) is 2.96. The summed E-state index contributed by atoms with van der Waals surface area (Å²) < 4.78 is 0. The van der Waals surface area contributed by atoms with Crippen LogP contribution in [0.2, 0.25) is 0 Å². The standard InChI is InChI=1S/C11H17N5O5/c12-2-9(18)15-8(4-17)10(19)16-7(11(20)21)1-6-3-13-5-14-6/h3,5,7-8,17H,1-2,4,12H2,(H,13,14)(H,15,18)(H,16,19)(H,20,21)/t7-,8-/m0/s1. The monoisotopic (exact) mass is 299 g/mol. The number of aliphatic carboxylic acids is 1. The zero-order chi connectivity index (χ0) is 15.8. The SMILES string of the molecule is NCC(=O)N[C@@H](CO)C(=O)N[C@@H](Cc1cnc[nH]1)C(=O)O. The third-order valence-corrected chi connectivity index (χ3v) is 2.61. The fourth-order valence-corrected chi connectivity index (χ4v) is 1.54. The topological polar surface area (TPSA) is 170 Å². The van der Waals surface area contributed by atoms with Crippen molar-refractivity contribution in [2.75, 3.05) is 13.2 Å². The van der Waals surface area contributed by atoms with Gasteiger partial charge in [-0.1, -0.05) is 0 Å². The highest BCUT2D eigenvalue weighted by molar-refractivity contribution is 5.90. The molecule has 0 aromatic carbocycles. The summed E-state index contributed by atoms with van der Waals surface area (Å²) in [5.74, 6) is -2.70. The highest BCUT2D eigenvalue weighted by atomic mass is 16.4. The molecular formula is C11H17N5O5. The van der Waals surface area contributed by atoms with E-state index >= 15 is 0 Å². The van der Waals surface area contributed by atoms with Crippen molar-refractivity contribution in [3.05, 3.63) is 18.2 Å². The molecule has 1 aromatic heterocycles. The average molecular weight is 299 g/mol. The third-order valence-electron chi connectivity index (χ3n) is 2.61. The Morgan fingerprint density at radius 3 is 2.52 bits per heavy atom. The van der Waals surface area contributed by atoms with Gasteiger partial charge in [0, 0.05) is 18.3 Å². The van der Waals surface area contributed by atoms with Crippen molar-refractivity contribution in [2.24, 2.45) is 5.73 Å². The fourth-order valence-electron chi connectivity index (χ4n) is 1.54. The van der Waals surface area contributed by atoms with Crippen LogP contribution in [0.1, 0.15) is 5.69 Å². The van der Waals surface area contributed by atoms with E-state index in [4.69, 9.17) is 15.9 Å². The number of aliphatic hydroxyl groups excluding tert-OH is 1. The largest absolute Gasteiger partial charge is 0.480 e. The highest BCUT2D eigenvalue weighted by Crippen LogP contribution is 1.99. The molecule has 10 nitrogen and oxygen atoms in total. The van der Waals surface area contributed by atoms with Gasteiger partial charge in [-0.05, 0) is 0 Å². The Bertz CT molecular complexity index is 489. The number of nitrogens with zero attached hydrogens (tertiary/aromatic N) is 1. The first-order chi connectivity index (χ1) is 9.97. The maximum atomic E-state index is 11.9. The molecule has 0 fully saturated rings. The summed E-state index contributed by atoms with van der Waals surface area (Å²) in [6, 6.07) is -2.48. The molecule has 1 aromatic rings. The number of aromatic amines is 1. The Morgan fingerprint density at radius 2 is 2.05 bits per heavy atom. The minimum absolute atomic E-state index is 0.00986. The zero-order valence-corrected chi connectivity index (χ0v) is 11.1. The van der Waals surface area contributed by atoms with Crippen molar-refractivity contribution >= 4 is 17.8 Å². The molecule has 0 aliphatic rings. The van der Waals surface area contributed by atoms with Gasteiger partial charge in [0.15, 0.2) is 0 Å². The fraction of sp³-hybridized carbons (Fsp3) is 0.455. The van der Waals surface area contributed by atoms with E-state index in [9.17, 15) is 14.4 Å². The number of carboxylic acid groups (broad SMARTS) is 1. The Kier molecular flexibility index (Phi) is 6.30. The van der Waals surface area contributed by atoms with Crippen LogP contribution in [0, 0.1) is 0 Å². The van der Waals surface area contributed by atoms with E-state index in [1.54, 1.807) is 0 Å². The van der Waals surface area contributed by atoms with E-state index in [1.165, 1.54) is 12.5 Å². The lowest BCUT2D eigenvalue weighted by Gasteiger charge is -2.19. The molecule has 0 aliphatic heterocycles. The molecule has 0 saturated heterocycles. The molecular weight excluding hydrogens is 282 g/mol. The van der Waals surface area contributed by atoms with Crippen LogP contribution in [0.4, 0.5) is 0 Å². The molecule has 1 rings (SSSR count). The Hall–Kier alpha value is -2.46. The van der Waals surface area contributed by atoms with Gasteiger partial charge in [0.1, 0.15) is 12.1 Å². The summed E-state index contributed by atoms with van der Waals surface area (Å²) in [7, 11) is 0. The summed E-state index contributed by atoms with van der Waals surface area (Å²) in [6.07, 6.45) is 2.81. The number of hydrogen-bond donors (Lipinski definition) is 6. The molecule has 116 valence electrons. The number of imidazole rings is 1. The Morgan fingerprint density at radius 1 is 1.33 bits per heavy atom. The first kappa shape index (κ1) is 16.6. The molecule has 0 bridgehead atoms. The summed E-state index contributed by atoms with van der Waals surface area (Å²) in [5, 5.41) is 22.6. The maximum absolute atomic E-state index is 11.9. The third kappa shape index (κ3) is 5.20. The van der Waals surface area contributed by atoms with Crippen LogP contribution >= 0.6 is 0 Å². The molecule has 1 heterocycles. The summed E-state index contributed by atoms with van der Waals surface area (Å²) in [4.78, 5) is 40.6. The van der Waals surface area contributed by atoms with Gasteiger partial charge in [-0.15, -0.1) is 0 Å². The second-order valence-electron chi connectivity index (χ2n) is 4.19. The first-order valence-electron chi connectivity index (χ1n) is 6.08. The van der Waals surface area contributed by atoms with Crippen molar-refractivity contribution in [3.63, 3.8) is 0 Å². The van der Waals surface area contributed by atoms with Crippen LogP contribution in [0.25, 0.3) is 0 Å². The van der Waals surface area contributed by atoms with Gasteiger partial charge in [0.05, 0.1) is 19.5 Å². The van der Waals surface area contributed by atoms with Gasteiger partial charge in [-0.3, -0.25) is 9.59 Å². The van der Waals surface area contributed by atoms with Crippen LogP contribution in [-0.2, 0) is 20.8 Å². The van der Waals surface area contributed by atoms with Crippen LogP contribution in [0.15, 0.2) is 12.5 Å². The predicted octanol–water partition coefficient (Wildman–Crippen LogP) is -3.04. The van der Waals surface area contributed by atoms with Gasteiger partial charge in [-0.25, -0.2) is 9.78 Å². The molecule has 0 unspecified atom stereocenters. The molecule has 10 heteroatoms. The molecule has 0 saturated carbocycles. The van der Waals surface area contributed by atoms with Crippen molar-refractivity contribution < 1.29 is 24.6 Å². The number of nitrogens with one attached hydrogen (secondary N) is 3. The number of nitrogens with two attached hydrogens (primary N) is 1. The number of hydrogen-bond acceptors (Lipinski definition) is 6. The van der Waals surface area contributed by atoms with E-state index in [2.05, 4.69) is 20.6 Å². The highest BCUT2D eigenvalue weighted by Gasteiger charge is 2.26. The summed E-state index contributed by atoms with van der Waals surface area (Å²) in [5.41, 5.74) is 5.61. The molecule has 7 N–H and O–H groups in total. The number of carbonyl (C=O) groups excluding carboxylic acids is 2. The molecule has 0 aliphatic carbocycles. The Balaban J connectivity index is 2.66. The maximum Gasteiger partial charge on any atom is 0.326 e. The zero-order valence-electron chi connectivity index (χ0n) is 11.1. The quantitative estimate of drug-likeness (QED) is 0.296. The van der Waals surface area contributed by atoms with Crippen molar-refractivity contribution in [3.8, 4) is 0 Å². The second-order valence-corrected chi connectivity index (χ2v) is 4.19. The Labute approximate surface area is 119 Å². The number of rotatable bonds is 8. The van der Waals surface area contributed by atoms with Crippen molar-refractivity contribution in [2.45, 2.75) is 18.5 Å². The number of H-pyrrole nitrogens is 1. The van der Waals surface area contributed by atoms with Gasteiger partial charge >= 0.3 is 5.97 Å². The first-order valence-corrected chi connectivity index (χ1v) is 6.08. The number of aromatic nitrogens is 2. The van der Waals surface area contributed by atoms with Gasteiger partial charge in [-0.2, -0.15) is 0 Å². The van der Waals surface area contributed by atoms with Gasteiger partial charge in [0.2, 0.25) is 11.8 Å². The van der Waals surface area contributed by atoms with E-state index in [1.807, 2.05) is 0 Å². The van der Waals surface area contributed by atoms with E-state index in [-0.39, 0.29) is 13.0 Å². The van der Waals surface area contributed by atoms with Crippen molar-refractivity contribution in [1.82, 2.24) is 20.6 Å². The lowest BCUT2D eigenvalue weighted by molar-refractivity contribution is -0.142. The molecule has 2 atom stereocenters.